The van der Waals surface area contributed by atoms with E-state index in [1.807, 2.05) is 6.92 Å². The van der Waals surface area contributed by atoms with Crippen LogP contribution in [0, 0.1) is 0 Å². The first-order valence-electron chi connectivity index (χ1n) is 7.84. The number of rotatable bonds is 8. The van der Waals surface area contributed by atoms with Crippen molar-refractivity contribution in [3.63, 3.8) is 0 Å². The minimum absolute atomic E-state index is 0.100. The molecule has 2 atom stereocenters. The molecule has 3 N–H and O–H groups in total. The van der Waals surface area contributed by atoms with E-state index in [-0.39, 0.29) is 14.5 Å². The Morgan fingerprint density at radius 2 is 2.17 bits per heavy atom. The molecule has 0 bridgehead atoms. The Bertz CT molecular complexity index is 770. The van der Waals surface area contributed by atoms with Crippen molar-refractivity contribution in [3.8, 4) is 0 Å². The van der Waals surface area contributed by atoms with Crippen LogP contribution >= 0.6 is 11.3 Å². The van der Waals surface area contributed by atoms with E-state index in [2.05, 4.69) is 5.32 Å². The van der Waals surface area contributed by atoms with E-state index in [9.17, 15) is 16.8 Å². The summed E-state index contributed by atoms with van der Waals surface area (Å²) in [7, 11) is -5.90. The van der Waals surface area contributed by atoms with Crippen molar-refractivity contribution in [1.29, 1.82) is 0 Å². The predicted molar refractivity (Wildman–Crippen MR) is 93.4 cm³/mol. The molecule has 2 rings (SSSR count). The van der Waals surface area contributed by atoms with Gasteiger partial charge in [0, 0.05) is 25.3 Å². The number of hydrogen-bond donors (Lipinski definition) is 2. The van der Waals surface area contributed by atoms with E-state index in [4.69, 9.17) is 9.88 Å². The summed E-state index contributed by atoms with van der Waals surface area (Å²) >= 11 is 0.757. The summed E-state index contributed by atoms with van der Waals surface area (Å²) in [5.74, 6) is 0. The van der Waals surface area contributed by atoms with Crippen LogP contribution < -0.4 is 10.5 Å². The Morgan fingerprint density at radius 1 is 1.46 bits per heavy atom. The molecular weight excluding hydrogens is 372 g/mol. The summed E-state index contributed by atoms with van der Waals surface area (Å²) < 4.78 is 54.0. The molecule has 0 radical (unpaired) electrons. The summed E-state index contributed by atoms with van der Waals surface area (Å²) in [5.41, 5.74) is 0.528. The van der Waals surface area contributed by atoms with Crippen molar-refractivity contribution in [3.05, 3.63) is 11.6 Å². The number of nitrogens with two attached hydrogens (primary N) is 1. The van der Waals surface area contributed by atoms with Gasteiger partial charge in [0.1, 0.15) is 8.42 Å². The van der Waals surface area contributed by atoms with Crippen molar-refractivity contribution < 1.29 is 21.6 Å². The monoisotopic (exact) mass is 396 g/mol. The molecule has 0 fully saturated rings. The number of nitrogens with one attached hydrogen (secondary N) is 1. The Kier molecular flexibility index (Phi) is 6.43. The molecule has 7 nitrogen and oxygen atoms in total. The highest BCUT2D eigenvalue weighted by atomic mass is 32.3. The number of primary sulfonamides is 1. The molecule has 1 aliphatic heterocycles. The van der Waals surface area contributed by atoms with Crippen molar-refractivity contribution >= 4 is 31.2 Å². The SMILES string of the molecule is CCCN[C@@H]1C[C@@H](CCCOC)S(=O)(=O)c2sc(S(N)(=O)=O)cc21. The maximum absolute atomic E-state index is 12.9. The van der Waals surface area contributed by atoms with Gasteiger partial charge in [0.2, 0.25) is 10.0 Å². The molecule has 0 saturated carbocycles. The molecule has 1 aromatic rings. The Hall–Kier alpha value is -0.520. The van der Waals surface area contributed by atoms with E-state index >= 15 is 0 Å². The third kappa shape index (κ3) is 4.17. The van der Waals surface area contributed by atoms with Gasteiger partial charge in [-0.3, -0.25) is 0 Å². The van der Waals surface area contributed by atoms with Crippen molar-refractivity contribution in [2.24, 2.45) is 5.14 Å². The molecule has 138 valence electrons. The summed E-state index contributed by atoms with van der Waals surface area (Å²) in [6, 6.07) is 1.23. The lowest BCUT2D eigenvalue weighted by atomic mass is 10.0. The van der Waals surface area contributed by atoms with Gasteiger partial charge in [0.15, 0.2) is 9.84 Å². The standard InChI is InChI=1S/C14H24N2O5S3/c1-3-6-16-12-8-10(5-4-7-21-2)23(17,18)14-11(12)9-13(22-14)24(15,19)20/h9-10,12,16H,3-8H2,1-2H3,(H2,15,19,20)/t10-,12-/m1/s1. The van der Waals surface area contributed by atoms with Crippen LogP contribution in [0.5, 0.6) is 0 Å². The van der Waals surface area contributed by atoms with Gasteiger partial charge in [-0.25, -0.2) is 22.0 Å². The third-order valence-corrected chi connectivity index (χ3v) is 9.44. The molecule has 0 spiro atoms. The highest BCUT2D eigenvalue weighted by molar-refractivity contribution is 7.95. The number of hydrogen-bond acceptors (Lipinski definition) is 7. The van der Waals surface area contributed by atoms with Gasteiger partial charge < -0.3 is 10.1 Å². The van der Waals surface area contributed by atoms with Gasteiger partial charge in [-0.05, 0) is 38.3 Å². The number of fused-ring (bicyclic) bond motifs is 1. The summed E-state index contributed by atoms with van der Waals surface area (Å²) in [6.45, 7) is 3.25. The maximum atomic E-state index is 12.9. The lowest BCUT2D eigenvalue weighted by Crippen LogP contribution is -2.35. The first-order valence-corrected chi connectivity index (χ1v) is 11.8. The fourth-order valence-electron chi connectivity index (χ4n) is 2.88. The predicted octanol–water partition coefficient (Wildman–Crippen LogP) is 1.41. The third-order valence-electron chi connectivity index (χ3n) is 4.07. The van der Waals surface area contributed by atoms with Crippen LogP contribution in [0.3, 0.4) is 0 Å². The quantitative estimate of drug-likeness (QED) is 0.642. The number of thiophene rings is 1. The molecule has 0 aliphatic carbocycles. The van der Waals surface area contributed by atoms with Crippen LogP contribution in [0.2, 0.25) is 0 Å². The van der Waals surface area contributed by atoms with Gasteiger partial charge >= 0.3 is 0 Å². The number of sulfone groups is 1. The van der Waals surface area contributed by atoms with Crippen LogP contribution in [0.15, 0.2) is 14.5 Å². The lowest BCUT2D eigenvalue weighted by molar-refractivity contribution is 0.191. The molecule has 2 heterocycles. The van der Waals surface area contributed by atoms with Crippen LogP contribution in [-0.4, -0.2) is 42.3 Å². The molecule has 0 amide bonds. The van der Waals surface area contributed by atoms with Crippen molar-refractivity contribution in [1.82, 2.24) is 5.32 Å². The molecule has 0 saturated heterocycles. The van der Waals surface area contributed by atoms with Crippen molar-refractivity contribution in [2.45, 2.75) is 52.3 Å². The maximum Gasteiger partial charge on any atom is 0.247 e. The molecule has 24 heavy (non-hydrogen) atoms. The highest BCUT2D eigenvalue weighted by Crippen LogP contribution is 2.43. The molecule has 0 unspecified atom stereocenters. The molecule has 10 heteroatoms. The smallest absolute Gasteiger partial charge is 0.247 e. The van der Waals surface area contributed by atoms with Gasteiger partial charge in [0.25, 0.3) is 0 Å². The molecular formula is C14H24N2O5S3. The lowest BCUT2D eigenvalue weighted by Gasteiger charge is -2.30. The Morgan fingerprint density at radius 3 is 2.75 bits per heavy atom. The largest absolute Gasteiger partial charge is 0.385 e. The fraction of sp³-hybridized carbons (Fsp3) is 0.714. The Labute approximate surface area is 147 Å². The zero-order valence-electron chi connectivity index (χ0n) is 13.8. The Balaban J connectivity index is 2.42. The van der Waals surface area contributed by atoms with Crippen LogP contribution in [0.4, 0.5) is 0 Å². The second kappa shape index (κ2) is 7.79. The topological polar surface area (TPSA) is 116 Å². The molecule has 1 aromatic heterocycles. The van der Waals surface area contributed by atoms with Crippen LogP contribution in [-0.2, 0) is 24.6 Å². The second-order valence-electron chi connectivity index (χ2n) is 5.90. The molecule has 1 aliphatic rings. The minimum Gasteiger partial charge on any atom is -0.385 e. The minimum atomic E-state index is -3.92. The van der Waals surface area contributed by atoms with E-state index in [1.165, 1.54) is 6.07 Å². The first kappa shape index (κ1) is 19.8. The van der Waals surface area contributed by atoms with E-state index in [0.29, 0.717) is 31.4 Å². The zero-order chi connectivity index (χ0) is 18.0. The molecule has 0 aromatic carbocycles. The number of sulfonamides is 1. The zero-order valence-corrected chi connectivity index (χ0v) is 16.3. The average molecular weight is 397 g/mol. The van der Waals surface area contributed by atoms with Gasteiger partial charge in [-0.2, -0.15) is 0 Å². The van der Waals surface area contributed by atoms with E-state index < -0.39 is 25.1 Å². The summed E-state index contributed by atoms with van der Waals surface area (Å²) in [6.07, 6.45) is 2.46. The normalized spacial score (nSPS) is 23.1. The van der Waals surface area contributed by atoms with Gasteiger partial charge in [0.05, 0.1) is 5.25 Å². The average Bonchev–Trinajstić information content (AvgIpc) is 2.95. The van der Waals surface area contributed by atoms with Crippen LogP contribution in [0.25, 0.3) is 0 Å². The summed E-state index contributed by atoms with van der Waals surface area (Å²) in [5, 5.41) is 7.97. The van der Waals surface area contributed by atoms with E-state index in [1.54, 1.807) is 7.11 Å². The number of methoxy groups -OCH3 is 1. The highest BCUT2D eigenvalue weighted by Gasteiger charge is 2.41. The first-order chi connectivity index (χ1) is 11.2. The van der Waals surface area contributed by atoms with Crippen LogP contribution in [0.1, 0.15) is 44.2 Å². The van der Waals surface area contributed by atoms with E-state index in [0.717, 1.165) is 24.3 Å². The number of ether oxygens (including phenoxy) is 1. The van der Waals surface area contributed by atoms with Gasteiger partial charge in [-0.1, -0.05) is 6.92 Å². The van der Waals surface area contributed by atoms with Gasteiger partial charge in [-0.15, -0.1) is 11.3 Å². The second-order valence-corrected chi connectivity index (χ2v) is 11.2. The fourth-order valence-corrected chi connectivity index (χ4v) is 7.63. The van der Waals surface area contributed by atoms with Crippen molar-refractivity contribution in [2.75, 3.05) is 20.3 Å². The summed E-state index contributed by atoms with van der Waals surface area (Å²) in [4.78, 5) is 0.